The molecule has 1 heterocycles. The molecule has 0 spiro atoms. The molecule has 0 aliphatic carbocycles. The third-order valence-electron chi connectivity index (χ3n) is 3.22. The monoisotopic (exact) mass is 301 g/mol. The minimum absolute atomic E-state index is 0.132. The Morgan fingerprint density at radius 1 is 1.32 bits per heavy atom. The van der Waals surface area contributed by atoms with Crippen LogP contribution in [0, 0.1) is 5.92 Å². The van der Waals surface area contributed by atoms with Gasteiger partial charge >= 0.3 is 0 Å². The Labute approximate surface area is 123 Å². The molecular formula is C14H17Cl2NO2. The van der Waals surface area contributed by atoms with E-state index in [-0.39, 0.29) is 5.91 Å². The average molecular weight is 302 g/mol. The van der Waals surface area contributed by atoms with E-state index in [0.717, 1.165) is 32.5 Å². The largest absolute Gasteiger partial charge is 0.381 e. The van der Waals surface area contributed by atoms with Gasteiger partial charge in [-0.15, -0.1) is 0 Å². The van der Waals surface area contributed by atoms with Crippen LogP contribution in [0.1, 0.15) is 29.6 Å². The van der Waals surface area contributed by atoms with Gasteiger partial charge in [0, 0.05) is 35.4 Å². The van der Waals surface area contributed by atoms with Crippen molar-refractivity contribution in [2.24, 2.45) is 5.92 Å². The van der Waals surface area contributed by atoms with Gasteiger partial charge in [0.25, 0.3) is 5.91 Å². The summed E-state index contributed by atoms with van der Waals surface area (Å²) in [7, 11) is 0. The first kappa shape index (κ1) is 14.6. The fourth-order valence-electron chi connectivity index (χ4n) is 2.19. The second-order valence-corrected chi connectivity index (χ2v) is 5.66. The summed E-state index contributed by atoms with van der Waals surface area (Å²) in [6.07, 6.45) is 3.20. The molecule has 19 heavy (non-hydrogen) atoms. The van der Waals surface area contributed by atoms with Crippen LogP contribution in [0.25, 0.3) is 0 Å². The number of hydrogen-bond acceptors (Lipinski definition) is 2. The molecule has 1 N–H and O–H groups in total. The molecular weight excluding hydrogens is 285 g/mol. The molecule has 5 heteroatoms. The first-order chi connectivity index (χ1) is 9.15. The molecule has 2 rings (SSSR count). The summed E-state index contributed by atoms with van der Waals surface area (Å²) in [5.74, 6) is 0.518. The van der Waals surface area contributed by atoms with Crippen LogP contribution < -0.4 is 5.32 Å². The minimum atomic E-state index is -0.132. The lowest BCUT2D eigenvalue weighted by atomic mass is 10.0. The molecule has 1 atom stereocenters. The van der Waals surface area contributed by atoms with E-state index in [1.165, 1.54) is 0 Å². The summed E-state index contributed by atoms with van der Waals surface area (Å²) in [4.78, 5) is 11.9. The standard InChI is InChI=1S/C14H17Cl2NO2/c15-12-6-11(7-13(16)8-12)14(18)17-4-1-2-10-3-5-19-9-10/h6-8,10H,1-5,9H2,(H,17,18)/t10-/m1/s1. The highest BCUT2D eigenvalue weighted by atomic mass is 35.5. The number of hydrogen-bond donors (Lipinski definition) is 1. The molecule has 1 aromatic rings. The summed E-state index contributed by atoms with van der Waals surface area (Å²) >= 11 is 11.7. The summed E-state index contributed by atoms with van der Waals surface area (Å²) in [6, 6.07) is 4.85. The van der Waals surface area contributed by atoms with Crippen molar-refractivity contribution < 1.29 is 9.53 Å². The van der Waals surface area contributed by atoms with Gasteiger partial charge in [-0.05, 0) is 43.4 Å². The zero-order valence-electron chi connectivity index (χ0n) is 10.6. The summed E-state index contributed by atoms with van der Waals surface area (Å²) in [6.45, 7) is 2.40. The molecule has 104 valence electrons. The van der Waals surface area contributed by atoms with E-state index in [1.807, 2.05) is 0 Å². The number of amides is 1. The van der Waals surface area contributed by atoms with Crippen LogP contribution in [0.4, 0.5) is 0 Å². The van der Waals surface area contributed by atoms with Gasteiger partial charge in [-0.3, -0.25) is 4.79 Å². The van der Waals surface area contributed by atoms with Crippen LogP contribution in [0.15, 0.2) is 18.2 Å². The van der Waals surface area contributed by atoms with Crippen molar-refractivity contribution >= 4 is 29.1 Å². The van der Waals surface area contributed by atoms with Crippen LogP contribution >= 0.6 is 23.2 Å². The van der Waals surface area contributed by atoms with Gasteiger partial charge in [-0.25, -0.2) is 0 Å². The average Bonchev–Trinajstić information content (AvgIpc) is 2.86. The smallest absolute Gasteiger partial charge is 0.251 e. The molecule has 0 radical (unpaired) electrons. The fraction of sp³-hybridized carbons (Fsp3) is 0.500. The lowest BCUT2D eigenvalue weighted by Gasteiger charge is -2.08. The van der Waals surface area contributed by atoms with Gasteiger partial charge < -0.3 is 10.1 Å². The Hall–Kier alpha value is -0.770. The van der Waals surface area contributed by atoms with E-state index >= 15 is 0 Å². The van der Waals surface area contributed by atoms with Crippen molar-refractivity contribution in [3.63, 3.8) is 0 Å². The zero-order chi connectivity index (χ0) is 13.7. The normalized spacial score (nSPS) is 18.5. The Morgan fingerprint density at radius 2 is 2.05 bits per heavy atom. The molecule has 1 saturated heterocycles. The predicted octanol–water partition coefficient (Wildman–Crippen LogP) is 3.54. The van der Waals surface area contributed by atoms with Gasteiger partial charge in [-0.1, -0.05) is 23.2 Å². The van der Waals surface area contributed by atoms with E-state index < -0.39 is 0 Å². The summed E-state index contributed by atoms with van der Waals surface area (Å²) in [5, 5.41) is 3.83. The number of carbonyl (C=O) groups excluding carboxylic acids is 1. The maximum Gasteiger partial charge on any atom is 0.251 e. The maximum atomic E-state index is 11.9. The SMILES string of the molecule is O=C(NCCC[C@@H]1CCOC1)c1cc(Cl)cc(Cl)c1. The highest BCUT2D eigenvalue weighted by Gasteiger charge is 2.15. The van der Waals surface area contributed by atoms with Crippen molar-refractivity contribution in [3.05, 3.63) is 33.8 Å². The van der Waals surface area contributed by atoms with Crippen LogP contribution in [-0.4, -0.2) is 25.7 Å². The van der Waals surface area contributed by atoms with Crippen molar-refractivity contribution in [2.45, 2.75) is 19.3 Å². The molecule has 1 aliphatic rings. The van der Waals surface area contributed by atoms with Gasteiger partial charge in [0.15, 0.2) is 0 Å². The molecule has 1 amide bonds. The molecule has 0 saturated carbocycles. The third-order valence-corrected chi connectivity index (χ3v) is 3.66. The van der Waals surface area contributed by atoms with Crippen molar-refractivity contribution in [1.29, 1.82) is 0 Å². The van der Waals surface area contributed by atoms with Gasteiger partial charge in [0.2, 0.25) is 0 Å². The lowest BCUT2D eigenvalue weighted by molar-refractivity contribution is 0.0952. The number of nitrogens with one attached hydrogen (secondary N) is 1. The number of benzene rings is 1. The topological polar surface area (TPSA) is 38.3 Å². The van der Waals surface area contributed by atoms with E-state index in [9.17, 15) is 4.79 Å². The minimum Gasteiger partial charge on any atom is -0.381 e. The second-order valence-electron chi connectivity index (χ2n) is 4.79. The van der Waals surface area contributed by atoms with Crippen LogP contribution in [0.2, 0.25) is 10.0 Å². The summed E-state index contributed by atoms with van der Waals surface area (Å²) in [5.41, 5.74) is 0.502. The molecule has 0 unspecified atom stereocenters. The second kappa shape index (κ2) is 7.13. The molecule has 1 aromatic carbocycles. The van der Waals surface area contributed by atoms with E-state index in [2.05, 4.69) is 5.32 Å². The van der Waals surface area contributed by atoms with Crippen LogP contribution in [0.3, 0.4) is 0 Å². The highest BCUT2D eigenvalue weighted by Crippen LogP contribution is 2.19. The Kier molecular flexibility index (Phi) is 5.49. The Morgan fingerprint density at radius 3 is 2.68 bits per heavy atom. The summed E-state index contributed by atoms with van der Waals surface area (Å²) < 4.78 is 5.31. The molecule has 0 aromatic heterocycles. The zero-order valence-corrected chi connectivity index (χ0v) is 12.1. The number of ether oxygens (including phenoxy) is 1. The van der Waals surface area contributed by atoms with Gasteiger partial charge in [-0.2, -0.15) is 0 Å². The molecule has 1 aliphatic heterocycles. The lowest BCUT2D eigenvalue weighted by Crippen LogP contribution is -2.24. The van der Waals surface area contributed by atoms with Crippen LogP contribution in [-0.2, 0) is 4.74 Å². The Balaban J connectivity index is 1.74. The first-order valence-corrected chi connectivity index (χ1v) is 7.23. The van der Waals surface area contributed by atoms with Gasteiger partial charge in [0.05, 0.1) is 0 Å². The van der Waals surface area contributed by atoms with E-state index in [4.69, 9.17) is 27.9 Å². The van der Waals surface area contributed by atoms with E-state index in [1.54, 1.807) is 18.2 Å². The molecule has 1 fully saturated rings. The van der Waals surface area contributed by atoms with Crippen molar-refractivity contribution in [1.82, 2.24) is 5.32 Å². The van der Waals surface area contributed by atoms with Crippen molar-refractivity contribution in [2.75, 3.05) is 19.8 Å². The molecule has 0 bridgehead atoms. The maximum absolute atomic E-state index is 11.9. The van der Waals surface area contributed by atoms with E-state index in [0.29, 0.717) is 28.1 Å². The molecule has 3 nitrogen and oxygen atoms in total. The predicted molar refractivity (Wildman–Crippen MR) is 77.0 cm³/mol. The van der Waals surface area contributed by atoms with Gasteiger partial charge in [0.1, 0.15) is 0 Å². The third kappa shape index (κ3) is 4.68. The highest BCUT2D eigenvalue weighted by molar-refractivity contribution is 6.35. The Bertz CT molecular complexity index is 425. The number of carbonyl (C=O) groups is 1. The van der Waals surface area contributed by atoms with Crippen LogP contribution in [0.5, 0.6) is 0 Å². The number of rotatable bonds is 5. The quantitative estimate of drug-likeness (QED) is 0.845. The van der Waals surface area contributed by atoms with Crippen molar-refractivity contribution in [3.8, 4) is 0 Å². The first-order valence-electron chi connectivity index (χ1n) is 6.47. The fourth-order valence-corrected chi connectivity index (χ4v) is 2.72. The number of halogens is 2.